The van der Waals surface area contributed by atoms with Gasteiger partial charge in [-0.05, 0) is 28.1 Å². The lowest BCUT2D eigenvalue weighted by Gasteiger charge is -2.19. The van der Waals surface area contributed by atoms with Gasteiger partial charge in [-0.1, -0.05) is 30.9 Å². The molecule has 1 amide bonds. The minimum atomic E-state index is -1.58. The van der Waals surface area contributed by atoms with Gasteiger partial charge >= 0.3 is 0 Å². The fourth-order valence-electron chi connectivity index (χ4n) is 3.11. The first-order valence-electron chi connectivity index (χ1n) is 10.1. The average Bonchev–Trinajstić information content (AvgIpc) is 3.14. The predicted molar refractivity (Wildman–Crippen MR) is 130 cm³/mol. The highest BCUT2D eigenvalue weighted by Gasteiger charge is 2.36. The van der Waals surface area contributed by atoms with Crippen LogP contribution in [-0.2, 0) is 14.3 Å². The van der Waals surface area contributed by atoms with Crippen molar-refractivity contribution in [2.75, 3.05) is 26.6 Å². The summed E-state index contributed by atoms with van der Waals surface area (Å²) in [6.07, 6.45) is -0.240. The molecule has 3 rings (SSSR count). The van der Waals surface area contributed by atoms with Gasteiger partial charge in [-0.2, -0.15) is 0 Å². The third-order valence-corrected chi connectivity index (χ3v) is 7.66. The van der Waals surface area contributed by atoms with E-state index in [9.17, 15) is 9.59 Å². The van der Waals surface area contributed by atoms with E-state index in [0.717, 1.165) is 0 Å². The lowest BCUT2D eigenvalue weighted by Crippen LogP contribution is -2.37. The first kappa shape index (κ1) is 24.7. The Morgan fingerprint density at radius 3 is 2.18 bits per heavy atom. The van der Waals surface area contributed by atoms with Gasteiger partial charge in [-0.3, -0.25) is 9.59 Å². The number of hydrogen-bond acceptors (Lipinski definition) is 7. The second-order valence-electron chi connectivity index (χ2n) is 8.26. The first-order valence-corrected chi connectivity index (χ1v) is 14.4. The Labute approximate surface area is 201 Å². The quantitative estimate of drug-likeness (QED) is 0.405. The molecular weight excluding hydrogens is 510 g/mol. The zero-order valence-electron chi connectivity index (χ0n) is 19.3. The minimum Gasteiger partial charge on any atom is -0.496 e. The van der Waals surface area contributed by atoms with Crippen LogP contribution in [0.1, 0.15) is 0 Å². The molecule has 1 N–H and O–H groups in total. The van der Waals surface area contributed by atoms with E-state index in [1.54, 1.807) is 12.1 Å². The first-order chi connectivity index (χ1) is 15.6. The van der Waals surface area contributed by atoms with E-state index < -0.39 is 25.9 Å². The summed E-state index contributed by atoms with van der Waals surface area (Å²) in [5.74, 6) is 0.329. The molecule has 0 fully saturated rings. The van der Waals surface area contributed by atoms with Crippen LogP contribution in [0.4, 0.5) is 5.69 Å². The van der Waals surface area contributed by atoms with Crippen molar-refractivity contribution in [3.8, 4) is 23.0 Å². The molecule has 0 saturated carbocycles. The molecule has 0 spiro atoms. The van der Waals surface area contributed by atoms with Crippen LogP contribution in [-0.4, -0.2) is 47.2 Å². The van der Waals surface area contributed by atoms with Gasteiger partial charge in [0.1, 0.15) is 28.7 Å². The summed E-state index contributed by atoms with van der Waals surface area (Å²) >= 11 is 3.46. The molecule has 1 aliphatic heterocycles. The van der Waals surface area contributed by atoms with Gasteiger partial charge in [-0.15, -0.1) is 0 Å². The maximum absolute atomic E-state index is 12.9. The number of halogens is 1. The number of nitrogens with one attached hydrogen (secondary N) is 1. The monoisotopic (exact) mass is 535 g/mol. The molecule has 1 heterocycles. The Morgan fingerprint density at radius 1 is 1.00 bits per heavy atom. The second kappa shape index (κ2) is 9.88. The standard InChI is InChI=1S/C23H26BrNO7Si/c1-28-13-9-18(29-2)21(19(10-13)30-3)25-23(27)22-16(26)12-20(32-22)31-17-11-14(33(4,5)6)7-8-15(17)24/h7-12,22H,1-6H3,(H,25,27). The van der Waals surface area contributed by atoms with E-state index in [-0.39, 0.29) is 11.6 Å². The maximum atomic E-state index is 12.9. The van der Waals surface area contributed by atoms with Crippen molar-refractivity contribution in [2.45, 2.75) is 25.7 Å². The molecule has 0 aliphatic carbocycles. The van der Waals surface area contributed by atoms with E-state index in [4.69, 9.17) is 23.7 Å². The molecule has 0 radical (unpaired) electrons. The van der Waals surface area contributed by atoms with Crippen molar-refractivity contribution in [2.24, 2.45) is 0 Å². The zero-order valence-corrected chi connectivity index (χ0v) is 21.9. The van der Waals surface area contributed by atoms with Crippen molar-refractivity contribution in [1.82, 2.24) is 0 Å². The van der Waals surface area contributed by atoms with Crippen molar-refractivity contribution in [3.05, 3.63) is 46.8 Å². The number of anilines is 1. The fraction of sp³-hybridized carbons (Fsp3) is 0.304. The highest BCUT2D eigenvalue weighted by Crippen LogP contribution is 2.39. The number of carbonyl (C=O) groups is 2. The normalized spacial score (nSPS) is 15.4. The molecule has 8 nitrogen and oxygen atoms in total. The zero-order chi connectivity index (χ0) is 24.3. The Hall–Kier alpha value is -2.98. The molecule has 2 aromatic rings. The van der Waals surface area contributed by atoms with Crippen molar-refractivity contribution in [1.29, 1.82) is 0 Å². The smallest absolute Gasteiger partial charge is 0.289 e. The summed E-state index contributed by atoms with van der Waals surface area (Å²) in [6, 6.07) is 9.04. The van der Waals surface area contributed by atoms with Crippen molar-refractivity contribution < 1.29 is 33.3 Å². The highest BCUT2D eigenvalue weighted by atomic mass is 79.9. The molecule has 33 heavy (non-hydrogen) atoms. The van der Waals surface area contributed by atoms with E-state index in [1.807, 2.05) is 18.2 Å². The summed E-state index contributed by atoms with van der Waals surface area (Å²) in [6.45, 7) is 6.66. The van der Waals surface area contributed by atoms with Gasteiger partial charge in [0.25, 0.3) is 11.9 Å². The van der Waals surface area contributed by atoms with Crippen molar-refractivity contribution >= 4 is 46.6 Å². The van der Waals surface area contributed by atoms with Crippen LogP contribution in [0.25, 0.3) is 0 Å². The lowest BCUT2D eigenvalue weighted by molar-refractivity contribution is -0.134. The Morgan fingerprint density at radius 2 is 1.64 bits per heavy atom. The Kier molecular flexibility index (Phi) is 7.38. The van der Waals surface area contributed by atoms with Gasteiger partial charge in [0, 0.05) is 12.1 Å². The maximum Gasteiger partial charge on any atom is 0.289 e. The predicted octanol–water partition coefficient (Wildman–Crippen LogP) is 3.85. The third kappa shape index (κ3) is 5.51. The molecule has 176 valence electrons. The summed E-state index contributed by atoms with van der Waals surface area (Å²) < 4.78 is 27.9. The van der Waals surface area contributed by atoms with Gasteiger partial charge in [0.15, 0.2) is 0 Å². The number of benzene rings is 2. The topological polar surface area (TPSA) is 92.3 Å². The van der Waals surface area contributed by atoms with Crippen LogP contribution in [0.2, 0.25) is 19.6 Å². The summed E-state index contributed by atoms with van der Waals surface area (Å²) in [7, 11) is 2.81. The fourth-order valence-corrected chi connectivity index (χ4v) is 4.59. The van der Waals surface area contributed by atoms with Crippen LogP contribution in [0.5, 0.6) is 23.0 Å². The number of hydrogen-bond donors (Lipinski definition) is 1. The molecule has 0 bridgehead atoms. The molecule has 10 heteroatoms. The van der Waals surface area contributed by atoms with Crippen molar-refractivity contribution in [3.63, 3.8) is 0 Å². The number of amides is 1. The summed E-state index contributed by atoms with van der Waals surface area (Å²) in [4.78, 5) is 25.4. The van der Waals surface area contributed by atoms with Gasteiger partial charge in [-0.25, -0.2) is 0 Å². The number of carbonyl (C=O) groups excluding carboxylic acids is 2. The van der Waals surface area contributed by atoms with Crippen LogP contribution in [0, 0.1) is 0 Å². The van der Waals surface area contributed by atoms with Crippen LogP contribution >= 0.6 is 15.9 Å². The SMILES string of the molecule is COc1cc(OC)c(NC(=O)C2OC(Oc3cc([Si](C)(C)C)ccc3Br)=CC2=O)c(OC)c1. The molecule has 1 unspecified atom stereocenters. The summed E-state index contributed by atoms with van der Waals surface area (Å²) in [5, 5.41) is 3.83. The number of ether oxygens (including phenoxy) is 5. The van der Waals surface area contributed by atoms with Gasteiger partial charge in [0.2, 0.25) is 11.9 Å². The molecule has 1 aliphatic rings. The molecule has 0 saturated heterocycles. The largest absolute Gasteiger partial charge is 0.496 e. The van der Waals surface area contributed by atoms with E-state index in [1.165, 1.54) is 32.6 Å². The molecular formula is C23H26BrNO7Si. The Bertz CT molecular complexity index is 1090. The molecule has 0 aromatic heterocycles. The highest BCUT2D eigenvalue weighted by molar-refractivity contribution is 9.10. The van der Waals surface area contributed by atoms with Gasteiger partial charge in [0.05, 0.1) is 40.0 Å². The van der Waals surface area contributed by atoms with Crippen LogP contribution in [0.15, 0.2) is 46.8 Å². The summed E-state index contributed by atoms with van der Waals surface area (Å²) in [5.41, 5.74) is 0.252. The number of rotatable bonds is 8. The second-order valence-corrected chi connectivity index (χ2v) is 14.2. The Balaban J connectivity index is 1.77. The molecule has 2 aromatic carbocycles. The average molecular weight is 536 g/mol. The van der Waals surface area contributed by atoms with E-state index in [0.29, 0.717) is 27.5 Å². The van der Waals surface area contributed by atoms with Crippen LogP contribution < -0.4 is 29.5 Å². The lowest BCUT2D eigenvalue weighted by atomic mass is 10.2. The molecule has 1 atom stereocenters. The van der Waals surface area contributed by atoms with Crippen LogP contribution in [0.3, 0.4) is 0 Å². The number of methoxy groups -OCH3 is 3. The minimum absolute atomic E-state index is 0.0535. The third-order valence-electron chi connectivity index (χ3n) is 4.96. The van der Waals surface area contributed by atoms with E-state index in [2.05, 4.69) is 40.9 Å². The number of ketones is 1. The van der Waals surface area contributed by atoms with Gasteiger partial charge < -0.3 is 29.0 Å². The van der Waals surface area contributed by atoms with E-state index >= 15 is 0 Å².